The first-order valence-electron chi connectivity index (χ1n) is 10.4. The lowest BCUT2D eigenvalue weighted by Gasteiger charge is -2.15. The summed E-state index contributed by atoms with van der Waals surface area (Å²) in [4.78, 5) is 23.4. The second-order valence-corrected chi connectivity index (χ2v) is 8.30. The van der Waals surface area contributed by atoms with Crippen molar-refractivity contribution >= 4 is 47.0 Å². The highest BCUT2D eigenvalue weighted by Gasteiger charge is 2.15. The molecule has 0 saturated heterocycles. The summed E-state index contributed by atoms with van der Waals surface area (Å²) in [6.45, 7) is 1.77. The molecule has 3 N–H and O–H groups in total. The number of nitrogens with one attached hydrogen (secondary N) is 2. The fraction of sp³-hybridized carbons (Fsp3) is 0.0870. The van der Waals surface area contributed by atoms with E-state index in [1.54, 1.807) is 61.5 Å². The van der Waals surface area contributed by atoms with Gasteiger partial charge in [0.15, 0.2) is 5.15 Å². The van der Waals surface area contributed by atoms with E-state index < -0.39 is 12.1 Å². The van der Waals surface area contributed by atoms with Gasteiger partial charge in [0.05, 0.1) is 17.4 Å². The van der Waals surface area contributed by atoms with Crippen molar-refractivity contribution in [3.8, 4) is 16.9 Å². The fourth-order valence-electron chi connectivity index (χ4n) is 3.33. The maximum absolute atomic E-state index is 12.7. The first-order valence-corrected chi connectivity index (χ1v) is 11.2. The number of amides is 2. The minimum absolute atomic E-state index is 0.149. The van der Waals surface area contributed by atoms with Gasteiger partial charge in [0.1, 0.15) is 6.33 Å². The second kappa shape index (κ2) is 10.9. The lowest BCUT2D eigenvalue weighted by atomic mass is 10.1. The number of carboxylic acid groups (broad SMARTS) is 1. The van der Waals surface area contributed by atoms with Crippen LogP contribution in [0.1, 0.15) is 24.1 Å². The van der Waals surface area contributed by atoms with Crippen LogP contribution in [0.5, 0.6) is 0 Å². The van der Waals surface area contributed by atoms with Gasteiger partial charge in [0, 0.05) is 33.5 Å². The summed E-state index contributed by atoms with van der Waals surface area (Å²) < 4.78 is 1.46. The normalized spacial score (nSPS) is 11.9. The molecule has 0 saturated carbocycles. The van der Waals surface area contributed by atoms with Crippen molar-refractivity contribution in [2.75, 3.05) is 5.32 Å². The van der Waals surface area contributed by atoms with Gasteiger partial charge in [-0.3, -0.25) is 10.1 Å². The average molecular weight is 525 g/mol. The number of tetrazole rings is 1. The van der Waals surface area contributed by atoms with E-state index in [9.17, 15) is 9.59 Å². The van der Waals surface area contributed by atoms with E-state index in [1.807, 2.05) is 0 Å². The van der Waals surface area contributed by atoms with E-state index in [0.29, 0.717) is 38.8 Å². The minimum atomic E-state index is -1.16. The highest BCUT2D eigenvalue weighted by molar-refractivity contribution is 6.31. The van der Waals surface area contributed by atoms with E-state index in [4.69, 9.17) is 28.3 Å². The molecule has 0 aliphatic carbocycles. The van der Waals surface area contributed by atoms with Crippen molar-refractivity contribution in [3.05, 3.63) is 82.2 Å². The summed E-state index contributed by atoms with van der Waals surface area (Å²) in [5.41, 5.74) is 3.49. The van der Waals surface area contributed by atoms with E-state index in [0.717, 1.165) is 0 Å². The van der Waals surface area contributed by atoms with Crippen molar-refractivity contribution in [1.82, 2.24) is 35.7 Å². The number of carbonyl (C=O) groups is 2. The van der Waals surface area contributed by atoms with Gasteiger partial charge in [-0.1, -0.05) is 35.3 Å². The Kier molecular flexibility index (Phi) is 7.52. The quantitative estimate of drug-likeness (QED) is 0.301. The SMILES string of the molecule is CC(NC(=O)C=Cc1cc(Cl)ccc1-n1cnnn1)c1cc(-c2ccc(NC(=O)O)cc2)nnc1Cl. The van der Waals surface area contributed by atoms with Crippen molar-refractivity contribution in [3.63, 3.8) is 0 Å². The molecule has 0 spiro atoms. The van der Waals surface area contributed by atoms with Crippen LogP contribution in [0.4, 0.5) is 10.5 Å². The fourth-order valence-corrected chi connectivity index (χ4v) is 3.76. The van der Waals surface area contributed by atoms with Crippen LogP contribution in [0.25, 0.3) is 23.0 Å². The van der Waals surface area contributed by atoms with Crippen molar-refractivity contribution in [2.24, 2.45) is 0 Å². The van der Waals surface area contributed by atoms with E-state index in [-0.39, 0.29) is 11.1 Å². The number of benzene rings is 2. The summed E-state index contributed by atoms with van der Waals surface area (Å²) in [6.07, 6.45) is 3.26. The standard InChI is InChI=1S/C23H18Cl2N8O3/c1-13(18-11-19(29-30-22(18)25)14-2-6-17(7-3-14)28-23(35)36)27-21(34)9-4-15-10-16(24)5-8-20(15)33-12-26-31-32-33/h2-13,28H,1H3,(H,27,34)(H,35,36). The van der Waals surface area contributed by atoms with Crippen LogP contribution in [0.2, 0.25) is 10.2 Å². The molecule has 0 aliphatic heterocycles. The topological polar surface area (TPSA) is 148 Å². The van der Waals surface area contributed by atoms with Crippen molar-refractivity contribution in [1.29, 1.82) is 0 Å². The van der Waals surface area contributed by atoms with Crippen LogP contribution in [0, 0.1) is 0 Å². The Morgan fingerprint density at radius 1 is 1.08 bits per heavy atom. The first-order chi connectivity index (χ1) is 17.3. The molecule has 0 bridgehead atoms. The molecule has 0 aliphatic rings. The minimum Gasteiger partial charge on any atom is -0.465 e. The largest absolute Gasteiger partial charge is 0.465 e. The van der Waals surface area contributed by atoms with E-state index in [2.05, 4.69) is 36.4 Å². The summed E-state index contributed by atoms with van der Waals surface area (Å²) in [7, 11) is 0. The zero-order chi connectivity index (χ0) is 25.7. The molecule has 11 nitrogen and oxygen atoms in total. The third kappa shape index (κ3) is 6.01. The van der Waals surface area contributed by atoms with Gasteiger partial charge in [-0.2, -0.15) is 4.68 Å². The Morgan fingerprint density at radius 3 is 2.56 bits per heavy atom. The van der Waals surface area contributed by atoms with Gasteiger partial charge in [0.25, 0.3) is 0 Å². The molecule has 4 aromatic rings. The molecule has 2 aromatic heterocycles. The number of rotatable bonds is 7. The van der Waals surface area contributed by atoms with Gasteiger partial charge in [0.2, 0.25) is 5.91 Å². The number of halogens is 2. The highest BCUT2D eigenvalue weighted by Crippen LogP contribution is 2.26. The monoisotopic (exact) mass is 524 g/mol. The molecule has 2 aromatic carbocycles. The Hall–Kier alpha value is -4.35. The van der Waals surface area contributed by atoms with Gasteiger partial charge in [-0.05, 0) is 59.8 Å². The Morgan fingerprint density at radius 2 is 1.86 bits per heavy atom. The third-order valence-corrected chi connectivity index (χ3v) is 5.56. The predicted octanol–water partition coefficient (Wildman–Crippen LogP) is 4.41. The van der Waals surface area contributed by atoms with Gasteiger partial charge in [-0.15, -0.1) is 15.3 Å². The molecule has 36 heavy (non-hydrogen) atoms. The number of anilines is 1. The number of nitrogens with zero attached hydrogens (tertiary/aromatic N) is 6. The van der Waals surface area contributed by atoms with Crippen LogP contribution < -0.4 is 10.6 Å². The third-order valence-electron chi connectivity index (χ3n) is 5.03. The predicted molar refractivity (Wildman–Crippen MR) is 134 cm³/mol. The smallest absolute Gasteiger partial charge is 0.409 e. The number of hydrogen-bond acceptors (Lipinski definition) is 7. The van der Waals surface area contributed by atoms with Crippen LogP contribution in [0.3, 0.4) is 0 Å². The van der Waals surface area contributed by atoms with Crippen molar-refractivity contribution in [2.45, 2.75) is 13.0 Å². The maximum Gasteiger partial charge on any atom is 0.409 e. The highest BCUT2D eigenvalue weighted by atomic mass is 35.5. The summed E-state index contributed by atoms with van der Waals surface area (Å²) in [5.74, 6) is -0.372. The molecule has 13 heteroatoms. The molecule has 2 amide bonds. The molecule has 1 unspecified atom stereocenters. The van der Waals surface area contributed by atoms with Gasteiger partial charge < -0.3 is 10.4 Å². The number of carbonyl (C=O) groups excluding carboxylic acids is 1. The maximum atomic E-state index is 12.7. The Bertz CT molecular complexity index is 1430. The lowest BCUT2D eigenvalue weighted by molar-refractivity contribution is -0.117. The Labute approximate surface area is 214 Å². The second-order valence-electron chi connectivity index (χ2n) is 7.50. The zero-order valence-electron chi connectivity index (χ0n) is 18.6. The van der Waals surface area contributed by atoms with Crippen LogP contribution in [-0.4, -0.2) is 47.5 Å². The van der Waals surface area contributed by atoms with Gasteiger partial charge in [-0.25, -0.2) is 4.79 Å². The average Bonchev–Trinajstić information content (AvgIpc) is 3.38. The van der Waals surface area contributed by atoms with E-state index in [1.165, 1.54) is 17.1 Å². The molecular weight excluding hydrogens is 507 g/mol. The molecule has 182 valence electrons. The molecule has 2 heterocycles. The molecular formula is C23H18Cl2N8O3. The number of hydrogen-bond donors (Lipinski definition) is 3. The van der Waals surface area contributed by atoms with Gasteiger partial charge >= 0.3 is 6.09 Å². The van der Waals surface area contributed by atoms with Crippen LogP contribution >= 0.6 is 23.2 Å². The zero-order valence-corrected chi connectivity index (χ0v) is 20.1. The van der Waals surface area contributed by atoms with E-state index >= 15 is 0 Å². The first kappa shape index (κ1) is 24.8. The van der Waals surface area contributed by atoms with Crippen LogP contribution in [0.15, 0.2) is 60.9 Å². The summed E-state index contributed by atoms with van der Waals surface area (Å²) >= 11 is 12.4. The number of aromatic nitrogens is 6. The molecule has 0 radical (unpaired) electrons. The van der Waals surface area contributed by atoms with Crippen LogP contribution in [-0.2, 0) is 4.79 Å². The molecule has 1 atom stereocenters. The van der Waals surface area contributed by atoms with Crippen molar-refractivity contribution < 1.29 is 14.7 Å². The Balaban J connectivity index is 1.49. The summed E-state index contributed by atoms with van der Waals surface area (Å²) in [6, 6.07) is 13.0. The lowest BCUT2D eigenvalue weighted by Crippen LogP contribution is -2.25. The molecule has 4 rings (SSSR count). The summed E-state index contributed by atoms with van der Waals surface area (Å²) in [5, 5.41) is 33.8. The molecule has 0 fully saturated rings.